The van der Waals surface area contributed by atoms with Gasteiger partial charge in [0.1, 0.15) is 12.6 Å². The first-order chi connectivity index (χ1) is 12.6. The van der Waals surface area contributed by atoms with Gasteiger partial charge in [0.05, 0.1) is 19.3 Å². The van der Waals surface area contributed by atoms with Crippen molar-refractivity contribution in [1.29, 1.82) is 0 Å². The van der Waals surface area contributed by atoms with Gasteiger partial charge in [0, 0.05) is 6.42 Å². The maximum Gasteiger partial charge on any atom is 0.410 e. The number of hydrogen-bond acceptors (Lipinski definition) is 4. The zero-order valence-corrected chi connectivity index (χ0v) is 14.3. The normalized spacial score (nSPS) is 19.3. The number of ether oxygens (including phenoxy) is 2. The summed E-state index contributed by atoms with van der Waals surface area (Å²) in [4.78, 5) is 25.1. The van der Waals surface area contributed by atoms with Crippen molar-refractivity contribution >= 4 is 12.1 Å². The lowest BCUT2D eigenvalue weighted by atomic mass is 10.2. The van der Waals surface area contributed by atoms with Crippen LogP contribution in [0.4, 0.5) is 4.79 Å². The number of amides is 1. The van der Waals surface area contributed by atoms with E-state index in [1.807, 2.05) is 60.7 Å². The fourth-order valence-corrected chi connectivity index (χ4v) is 2.94. The Kier molecular flexibility index (Phi) is 5.86. The van der Waals surface area contributed by atoms with E-state index >= 15 is 0 Å². The van der Waals surface area contributed by atoms with E-state index in [0.29, 0.717) is 6.61 Å². The van der Waals surface area contributed by atoms with Crippen LogP contribution in [0, 0.1) is 0 Å². The fraction of sp³-hybridized carbons (Fsp3) is 0.300. The fourth-order valence-electron chi connectivity index (χ4n) is 2.94. The summed E-state index contributed by atoms with van der Waals surface area (Å²) in [5, 5.41) is 9.42. The van der Waals surface area contributed by atoms with E-state index < -0.39 is 18.1 Å². The Morgan fingerprint density at radius 2 is 1.54 bits per heavy atom. The Bertz CT molecular complexity index is 734. The summed E-state index contributed by atoms with van der Waals surface area (Å²) in [7, 11) is 0. The summed E-state index contributed by atoms with van der Waals surface area (Å²) in [5.41, 5.74) is 1.85. The Labute approximate surface area is 152 Å². The summed E-state index contributed by atoms with van der Waals surface area (Å²) < 4.78 is 11.1. The molecule has 1 aliphatic heterocycles. The number of carboxylic acids is 1. The van der Waals surface area contributed by atoms with Crippen molar-refractivity contribution in [3.63, 3.8) is 0 Å². The smallest absolute Gasteiger partial charge is 0.410 e. The minimum Gasteiger partial charge on any atom is -0.480 e. The third kappa shape index (κ3) is 4.61. The molecule has 1 saturated heterocycles. The van der Waals surface area contributed by atoms with Crippen LogP contribution in [-0.4, -0.2) is 40.8 Å². The molecule has 2 aromatic carbocycles. The zero-order chi connectivity index (χ0) is 18.4. The number of carbonyl (C=O) groups excluding carboxylic acids is 1. The molecule has 0 saturated carbocycles. The number of nitrogens with zero attached hydrogens (tertiary/aromatic N) is 1. The Morgan fingerprint density at radius 3 is 2.12 bits per heavy atom. The van der Waals surface area contributed by atoms with E-state index in [0.717, 1.165) is 11.1 Å². The number of hydrogen-bond donors (Lipinski definition) is 1. The Balaban J connectivity index is 1.56. The van der Waals surface area contributed by atoms with Gasteiger partial charge in [-0.2, -0.15) is 0 Å². The minimum absolute atomic E-state index is 0.109. The van der Waals surface area contributed by atoms with Crippen LogP contribution in [-0.2, 0) is 27.5 Å². The predicted octanol–water partition coefficient (Wildman–Crippen LogP) is 3.07. The van der Waals surface area contributed by atoms with E-state index in [9.17, 15) is 14.7 Å². The number of likely N-dealkylation sites (tertiary alicyclic amines) is 1. The van der Waals surface area contributed by atoms with E-state index in [4.69, 9.17) is 9.47 Å². The molecule has 0 radical (unpaired) electrons. The van der Waals surface area contributed by atoms with Gasteiger partial charge in [0.2, 0.25) is 0 Å². The Hall–Kier alpha value is -2.86. The number of carbonyl (C=O) groups is 2. The standard InChI is InChI=1S/C20H21NO5/c22-19(23)18-11-17(25-13-15-7-3-1-4-8-15)12-21(18)20(24)26-14-16-9-5-2-6-10-16/h1-10,17-18H,11-14H2,(H,22,23)/t17?,18-/m0/s1. The molecule has 2 aromatic rings. The molecule has 0 aromatic heterocycles. The molecule has 1 unspecified atom stereocenters. The summed E-state index contributed by atoms with van der Waals surface area (Å²) >= 11 is 0. The average Bonchev–Trinajstić information content (AvgIpc) is 3.11. The van der Waals surface area contributed by atoms with E-state index in [1.165, 1.54) is 4.90 Å². The van der Waals surface area contributed by atoms with Gasteiger partial charge in [0.25, 0.3) is 0 Å². The second-order valence-electron chi connectivity index (χ2n) is 6.20. The molecule has 0 bridgehead atoms. The third-order valence-corrected chi connectivity index (χ3v) is 4.32. The number of aliphatic carboxylic acids is 1. The Morgan fingerprint density at radius 1 is 0.962 bits per heavy atom. The van der Waals surface area contributed by atoms with Crippen molar-refractivity contribution in [2.45, 2.75) is 31.8 Å². The minimum atomic E-state index is -1.05. The molecule has 1 fully saturated rings. The number of carboxylic acid groups (broad SMARTS) is 1. The SMILES string of the molecule is O=C(O)[C@@H]1CC(OCc2ccccc2)CN1C(=O)OCc1ccccc1. The highest BCUT2D eigenvalue weighted by Gasteiger charge is 2.41. The van der Waals surface area contributed by atoms with E-state index in [1.54, 1.807) is 0 Å². The van der Waals surface area contributed by atoms with Crippen LogP contribution in [0.5, 0.6) is 0 Å². The molecule has 1 N–H and O–H groups in total. The van der Waals surface area contributed by atoms with E-state index in [-0.39, 0.29) is 25.7 Å². The zero-order valence-electron chi connectivity index (χ0n) is 14.3. The van der Waals surface area contributed by atoms with Gasteiger partial charge < -0.3 is 14.6 Å². The summed E-state index contributed by atoms with van der Waals surface area (Å²) in [6, 6.07) is 18.0. The van der Waals surface area contributed by atoms with Crippen LogP contribution in [0.25, 0.3) is 0 Å². The van der Waals surface area contributed by atoms with Gasteiger partial charge in [-0.1, -0.05) is 60.7 Å². The van der Waals surface area contributed by atoms with Crippen LogP contribution in [0.3, 0.4) is 0 Å². The molecule has 3 rings (SSSR count). The third-order valence-electron chi connectivity index (χ3n) is 4.32. The number of benzene rings is 2. The van der Waals surface area contributed by atoms with Gasteiger partial charge in [-0.15, -0.1) is 0 Å². The van der Waals surface area contributed by atoms with Crippen LogP contribution in [0.2, 0.25) is 0 Å². The first-order valence-corrected chi connectivity index (χ1v) is 8.49. The van der Waals surface area contributed by atoms with Crippen LogP contribution >= 0.6 is 0 Å². The van der Waals surface area contributed by atoms with Crippen molar-refractivity contribution in [3.8, 4) is 0 Å². The highest BCUT2D eigenvalue weighted by atomic mass is 16.6. The molecule has 6 heteroatoms. The van der Waals surface area contributed by atoms with Crippen LogP contribution in [0.15, 0.2) is 60.7 Å². The second kappa shape index (κ2) is 8.49. The topological polar surface area (TPSA) is 76.1 Å². The molecular formula is C20H21NO5. The lowest BCUT2D eigenvalue weighted by Gasteiger charge is -2.20. The maximum absolute atomic E-state index is 12.3. The van der Waals surface area contributed by atoms with Crippen molar-refractivity contribution in [2.24, 2.45) is 0 Å². The van der Waals surface area contributed by atoms with Gasteiger partial charge in [0.15, 0.2) is 0 Å². The molecule has 1 heterocycles. The molecule has 136 valence electrons. The van der Waals surface area contributed by atoms with Crippen LogP contribution < -0.4 is 0 Å². The maximum atomic E-state index is 12.3. The quantitative estimate of drug-likeness (QED) is 0.862. The van der Waals surface area contributed by atoms with Crippen LogP contribution in [0.1, 0.15) is 17.5 Å². The largest absolute Gasteiger partial charge is 0.480 e. The van der Waals surface area contributed by atoms with Gasteiger partial charge in [-0.05, 0) is 11.1 Å². The monoisotopic (exact) mass is 355 g/mol. The molecule has 0 spiro atoms. The molecule has 1 amide bonds. The average molecular weight is 355 g/mol. The molecule has 6 nitrogen and oxygen atoms in total. The molecule has 2 atom stereocenters. The first-order valence-electron chi connectivity index (χ1n) is 8.49. The highest BCUT2D eigenvalue weighted by molar-refractivity contribution is 5.80. The van der Waals surface area contributed by atoms with Crippen molar-refractivity contribution in [1.82, 2.24) is 4.90 Å². The van der Waals surface area contributed by atoms with Gasteiger partial charge in [-0.3, -0.25) is 4.90 Å². The van der Waals surface area contributed by atoms with E-state index in [2.05, 4.69) is 0 Å². The lowest BCUT2D eigenvalue weighted by molar-refractivity contribution is -0.141. The summed E-state index contributed by atoms with van der Waals surface area (Å²) in [6.07, 6.45) is -0.713. The second-order valence-corrected chi connectivity index (χ2v) is 6.20. The summed E-state index contributed by atoms with van der Waals surface area (Å²) in [6.45, 7) is 0.695. The highest BCUT2D eigenvalue weighted by Crippen LogP contribution is 2.23. The molecule has 0 aliphatic carbocycles. The van der Waals surface area contributed by atoms with Gasteiger partial charge in [-0.25, -0.2) is 9.59 Å². The molecular weight excluding hydrogens is 334 g/mol. The molecule has 26 heavy (non-hydrogen) atoms. The van der Waals surface area contributed by atoms with Crippen molar-refractivity contribution in [2.75, 3.05) is 6.54 Å². The molecule has 1 aliphatic rings. The van der Waals surface area contributed by atoms with Crippen molar-refractivity contribution < 1.29 is 24.2 Å². The first kappa shape index (κ1) is 17.9. The number of rotatable bonds is 6. The van der Waals surface area contributed by atoms with Crippen molar-refractivity contribution in [3.05, 3.63) is 71.8 Å². The predicted molar refractivity (Wildman–Crippen MR) is 94.4 cm³/mol. The van der Waals surface area contributed by atoms with Gasteiger partial charge >= 0.3 is 12.1 Å². The lowest BCUT2D eigenvalue weighted by Crippen LogP contribution is -2.40. The summed E-state index contributed by atoms with van der Waals surface area (Å²) in [5.74, 6) is -1.05.